The van der Waals surface area contributed by atoms with Crippen LogP contribution in [0.25, 0.3) is 0 Å². The maximum absolute atomic E-state index is 12.3. The molecule has 0 aromatic carbocycles. The van der Waals surface area contributed by atoms with Crippen LogP contribution in [-0.2, 0) is 4.79 Å². The minimum absolute atomic E-state index is 0.0371. The highest BCUT2D eigenvalue weighted by molar-refractivity contribution is 5.76. The Morgan fingerprint density at radius 3 is 1.40 bits per heavy atom. The molecule has 40 heavy (non-hydrogen) atoms. The molecule has 238 valence electrons. The van der Waals surface area contributed by atoms with E-state index in [0.717, 1.165) is 25.7 Å². The predicted molar refractivity (Wildman–Crippen MR) is 175 cm³/mol. The quantitative estimate of drug-likeness (QED) is 0.0561. The van der Waals surface area contributed by atoms with E-state index in [1.807, 2.05) is 0 Å². The Hall–Kier alpha value is -0.870. The summed E-state index contributed by atoms with van der Waals surface area (Å²) in [6.45, 7) is 4.33. The molecule has 0 rings (SSSR count). The van der Waals surface area contributed by atoms with Gasteiger partial charge in [0.1, 0.15) is 0 Å². The Bertz CT molecular complexity index is 536. The highest BCUT2D eigenvalue weighted by Gasteiger charge is 2.19. The van der Waals surface area contributed by atoms with Crippen LogP contribution in [0.4, 0.5) is 0 Å². The van der Waals surface area contributed by atoms with Gasteiger partial charge in [-0.3, -0.25) is 4.79 Å². The Balaban J connectivity index is 3.56. The van der Waals surface area contributed by atoms with E-state index in [0.29, 0.717) is 12.8 Å². The first-order chi connectivity index (χ1) is 19.7. The highest BCUT2D eigenvalue weighted by atomic mass is 16.3. The molecule has 0 saturated carbocycles. The Kier molecular flexibility index (Phi) is 31.9. The summed E-state index contributed by atoms with van der Waals surface area (Å²) < 4.78 is 0. The topological polar surface area (TPSA) is 69.6 Å². The number of carbonyl (C=O) groups is 1. The largest absolute Gasteiger partial charge is 0.394 e. The van der Waals surface area contributed by atoms with Crippen LogP contribution in [0.2, 0.25) is 0 Å². The number of rotatable bonds is 32. The fourth-order valence-corrected chi connectivity index (χ4v) is 5.47. The summed E-state index contributed by atoms with van der Waals surface area (Å²) >= 11 is 0. The zero-order valence-corrected chi connectivity index (χ0v) is 27.1. The van der Waals surface area contributed by atoms with E-state index < -0.39 is 12.1 Å². The summed E-state index contributed by atoms with van der Waals surface area (Å²) in [5, 5.41) is 23.0. The SMILES string of the molecule is CCCCCC/C=C\CCCCCCCCCC(=O)N[C@@H](CO)[C@H](O)CCCCCCCCCCCCCCC. The van der Waals surface area contributed by atoms with Crippen molar-refractivity contribution in [1.29, 1.82) is 0 Å². The Morgan fingerprint density at radius 2 is 0.950 bits per heavy atom. The lowest BCUT2D eigenvalue weighted by atomic mass is 10.0. The molecule has 0 aromatic rings. The molecule has 0 fully saturated rings. The van der Waals surface area contributed by atoms with Crippen LogP contribution in [0.1, 0.15) is 194 Å². The zero-order valence-electron chi connectivity index (χ0n) is 27.1. The fourth-order valence-electron chi connectivity index (χ4n) is 5.47. The molecule has 0 radical (unpaired) electrons. The summed E-state index contributed by atoms with van der Waals surface area (Å²) in [6, 6.07) is -0.532. The molecular formula is C36H71NO3. The molecule has 0 aliphatic carbocycles. The van der Waals surface area contributed by atoms with Crippen molar-refractivity contribution in [1.82, 2.24) is 5.32 Å². The molecule has 4 heteroatoms. The van der Waals surface area contributed by atoms with Gasteiger partial charge in [-0.25, -0.2) is 0 Å². The molecule has 0 spiro atoms. The molecule has 0 bridgehead atoms. The van der Waals surface area contributed by atoms with Gasteiger partial charge >= 0.3 is 0 Å². The number of allylic oxidation sites excluding steroid dienone is 2. The van der Waals surface area contributed by atoms with Crippen molar-refractivity contribution >= 4 is 5.91 Å². The number of hydrogen-bond donors (Lipinski definition) is 3. The van der Waals surface area contributed by atoms with E-state index in [9.17, 15) is 15.0 Å². The third-order valence-electron chi connectivity index (χ3n) is 8.28. The van der Waals surface area contributed by atoms with Crippen molar-refractivity contribution in [3.8, 4) is 0 Å². The third kappa shape index (κ3) is 28.7. The van der Waals surface area contributed by atoms with E-state index in [4.69, 9.17) is 0 Å². The van der Waals surface area contributed by atoms with Gasteiger partial charge in [-0.15, -0.1) is 0 Å². The van der Waals surface area contributed by atoms with E-state index >= 15 is 0 Å². The Labute approximate surface area is 250 Å². The second-order valence-electron chi connectivity index (χ2n) is 12.3. The van der Waals surface area contributed by atoms with Crippen LogP contribution < -0.4 is 5.32 Å². The molecule has 1 amide bonds. The molecule has 0 heterocycles. The highest BCUT2D eigenvalue weighted by Crippen LogP contribution is 2.15. The van der Waals surface area contributed by atoms with Gasteiger partial charge in [-0.1, -0.05) is 161 Å². The van der Waals surface area contributed by atoms with Gasteiger partial charge in [-0.2, -0.15) is 0 Å². The lowest BCUT2D eigenvalue weighted by molar-refractivity contribution is -0.123. The summed E-state index contributed by atoms with van der Waals surface area (Å²) in [6.07, 6.45) is 38.3. The number of amides is 1. The van der Waals surface area contributed by atoms with Crippen molar-refractivity contribution in [3.05, 3.63) is 12.2 Å². The molecule has 4 nitrogen and oxygen atoms in total. The fraction of sp³-hybridized carbons (Fsp3) is 0.917. The molecule has 3 N–H and O–H groups in total. The van der Waals surface area contributed by atoms with Gasteiger partial charge in [0.05, 0.1) is 18.8 Å². The van der Waals surface area contributed by atoms with Gasteiger partial charge in [0.2, 0.25) is 5.91 Å². The average Bonchev–Trinajstić information content (AvgIpc) is 2.96. The van der Waals surface area contributed by atoms with Gasteiger partial charge < -0.3 is 15.5 Å². The summed E-state index contributed by atoms with van der Waals surface area (Å²) in [4.78, 5) is 12.3. The van der Waals surface area contributed by atoms with Crippen molar-refractivity contribution in [2.45, 2.75) is 206 Å². The maximum Gasteiger partial charge on any atom is 0.220 e. The second kappa shape index (κ2) is 32.6. The number of hydrogen-bond acceptors (Lipinski definition) is 3. The molecule has 0 aliphatic rings. The van der Waals surface area contributed by atoms with Gasteiger partial charge in [0, 0.05) is 6.42 Å². The monoisotopic (exact) mass is 566 g/mol. The van der Waals surface area contributed by atoms with Crippen LogP contribution in [0.15, 0.2) is 12.2 Å². The minimum Gasteiger partial charge on any atom is -0.394 e. The summed E-state index contributed by atoms with van der Waals surface area (Å²) in [5.41, 5.74) is 0. The molecule has 2 atom stereocenters. The first-order valence-corrected chi connectivity index (χ1v) is 17.9. The average molecular weight is 566 g/mol. The smallest absolute Gasteiger partial charge is 0.220 e. The molecule has 0 aromatic heterocycles. The predicted octanol–water partition coefficient (Wildman–Crippen LogP) is 10.3. The van der Waals surface area contributed by atoms with Crippen molar-refractivity contribution < 1.29 is 15.0 Å². The summed E-state index contributed by atoms with van der Waals surface area (Å²) in [7, 11) is 0. The lowest BCUT2D eigenvalue weighted by Gasteiger charge is -2.22. The maximum atomic E-state index is 12.3. The van der Waals surface area contributed by atoms with Crippen LogP contribution in [0.3, 0.4) is 0 Å². The number of aliphatic hydroxyl groups is 2. The molecular weight excluding hydrogens is 494 g/mol. The molecule has 0 unspecified atom stereocenters. The number of aliphatic hydroxyl groups excluding tert-OH is 2. The van der Waals surface area contributed by atoms with Crippen LogP contribution in [0, 0.1) is 0 Å². The lowest BCUT2D eigenvalue weighted by Crippen LogP contribution is -2.45. The minimum atomic E-state index is -0.655. The van der Waals surface area contributed by atoms with Gasteiger partial charge in [0.25, 0.3) is 0 Å². The van der Waals surface area contributed by atoms with Gasteiger partial charge in [-0.05, 0) is 38.5 Å². The van der Waals surface area contributed by atoms with Crippen LogP contribution in [0.5, 0.6) is 0 Å². The summed E-state index contributed by atoms with van der Waals surface area (Å²) in [5.74, 6) is -0.0371. The van der Waals surface area contributed by atoms with E-state index in [-0.39, 0.29) is 12.5 Å². The third-order valence-corrected chi connectivity index (χ3v) is 8.28. The second-order valence-corrected chi connectivity index (χ2v) is 12.3. The number of unbranched alkanes of at least 4 members (excludes halogenated alkanes) is 23. The standard InChI is InChI=1S/C36H71NO3/c1-3-5-7-9-11-13-15-17-18-20-22-24-26-28-30-32-36(40)37-34(33-38)35(39)31-29-27-25-23-21-19-16-14-12-10-8-6-4-2/h13,15,34-35,38-39H,3-12,14,16-33H2,1-2H3,(H,37,40)/b15-13-/t34-,35+/m0/s1. The Morgan fingerprint density at radius 1 is 0.575 bits per heavy atom. The van der Waals surface area contributed by atoms with E-state index in [1.165, 1.54) is 141 Å². The van der Waals surface area contributed by atoms with Crippen molar-refractivity contribution in [2.24, 2.45) is 0 Å². The van der Waals surface area contributed by atoms with Crippen molar-refractivity contribution in [3.63, 3.8) is 0 Å². The number of carbonyl (C=O) groups excluding carboxylic acids is 1. The zero-order chi connectivity index (χ0) is 29.4. The van der Waals surface area contributed by atoms with E-state index in [1.54, 1.807) is 0 Å². The normalized spacial score (nSPS) is 13.2. The molecule has 0 aliphatic heterocycles. The first-order valence-electron chi connectivity index (χ1n) is 17.9. The van der Waals surface area contributed by atoms with Gasteiger partial charge in [0.15, 0.2) is 0 Å². The molecule has 0 saturated heterocycles. The number of nitrogens with one attached hydrogen (secondary N) is 1. The van der Waals surface area contributed by atoms with E-state index in [2.05, 4.69) is 31.3 Å². The first kappa shape index (κ1) is 39.1. The van der Waals surface area contributed by atoms with Crippen LogP contribution in [-0.4, -0.2) is 34.9 Å². The van der Waals surface area contributed by atoms with Crippen LogP contribution >= 0.6 is 0 Å². The van der Waals surface area contributed by atoms with Crippen molar-refractivity contribution in [2.75, 3.05) is 6.61 Å².